The number of anilines is 2. The molecule has 0 spiro atoms. The van der Waals surface area contributed by atoms with Crippen LogP contribution in [0.25, 0.3) is 0 Å². The van der Waals surface area contributed by atoms with Crippen molar-refractivity contribution in [1.82, 2.24) is 0 Å². The van der Waals surface area contributed by atoms with Gasteiger partial charge in [-0.25, -0.2) is 0 Å². The number of hydrogen-bond donors (Lipinski definition) is 2. The largest absolute Gasteiger partial charge is 0.398 e. The van der Waals surface area contributed by atoms with Gasteiger partial charge in [0, 0.05) is 17.3 Å². The Morgan fingerprint density at radius 3 is 2.75 bits per heavy atom. The minimum absolute atomic E-state index is 0.202. The van der Waals surface area contributed by atoms with E-state index in [1.807, 2.05) is 13.0 Å². The number of hydrogen-bond acceptors (Lipinski definition) is 3. The van der Waals surface area contributed by atoms with Crippen molar-refractivity contribution in [3.05, 3.63) is 22.2 Å². The molecule has 1 rings (SSSR count). The third kappa shape index (κ3) is 2.96. The predicted octanol–water partition coefficient (Wildman–Crippen LogP) is 2.31. The molecule has 4 nitrogen and oxygen atoms in total. The Labute approximate surface area is 103 Å². The van der Waals surface area contributed by atoms with E-state index >= 15 is 0 Å². The van der Waals surface area contributed by atoms with Crippen LogP contribution in [0.5, 0.6) is 0 Å². The van der Waals surface area contributed by atoms with Crippen LogP contribution < -0.4 is 11.1 Å². The highest BCUT2D eigenvalue weighted by atomic mass is 79.9. The van der Waals surface area contributed by atoms with Gasteiger partial charge in [-0.05, 0) is 47.5 Å². The van der Waals surface area contributed by atoms with Crippen LogP contribution in [-0.2, 0) is 9.53 Å². The average Bonchev–Trinajstić information content (AvgIpc) is 2.24. The molecule has 16 heavy (non-hydrogen) atoms. The smallest absolute Gasteiger partial charge is 0.253 e. The highest BCUT2D eigenvalue weighted by molar-refractivity contribution is 9.10. The zero-order chi connectivity index (χ0) is 12.3. The number of halogens is 1. The van der Waals surface area contributed by atoms with Gasteiger partial charge in [-0.1, -0.05) is 0 Å². The van der Waals surface area contributed by atoms with Crippen LogP contribution in [0.1, 0.15) is 12.5 Å². The Morgan fingerprint density at radius 2 is 2.19 bits per heavy atom. The van der Waals surface area contributed by atoms with Crippen LogP contribution >= 0.6 is 15.9 Å². The van der Waals surface area contributed by atoms with Gasteiger partial charge in [0.1, 0.15) is 6.10 Å². The van der Waals surface area contributed by atoms with Crippen LogP contribution in [0, 0.1) is 6.92 Å². The number of benzene rings is 1. The van der Waals surface area contributed by atoms with Gasteiger partial charge in [0.2, 0.25) is 0 Å². The van der Waals surface area contributed by atoms with Crippen molar-refractivity contribution in [2.24, 2.45) is 0 Å². The van der Waals surface area contributed by atoms with Crippen LogP contribution in [0.2, 0.25) is 0 Å². The number of nitrogens with two attached hydrogens (primary N) is 1. The topological polar surface area (TPSA) is 64.3 Å². The van der Waals surface area contributed by atoms with Crippen molar-refractivity contribution >= 4 is 33.2 Å². The Bertz CT molecular complexity index is 407. The number of nitrogen functional groups attached to an aromatic ring is 1. The molecule has 0 radical (unpaired) electrons. The lowest BCUT2D eigenvalue weighted by Gasteiger charge is -2.13. The number of rotatable bonds is 3. The number of aryl methyl sites for hydroxylation is 1. The Hall–Kier alpha value is -1.07. The summed E-state index contributed by atoms with van der Waals surface area (Å²) < 4.78 is 5.72. The van der Waals surface area contributed by atoms with Crippen molar-refractivity contribution in [3.8, 4) is 0 Å². The van der Waals surface area contributed by atoms with Crippen LogP contribution in [0.15, 0.2) is 16.6 Å². The molecule has 0 aliphatic rings. The Kier molecular flexibility index (Phi) is 4.32. The zero-order valence-corrected chi connectivity index (χ0v) is 11.1. The van der Waals surface area contributed by atoms with Gasteiger partial charge in [0.05, 0.1) is 5.69 Å². The molecule has 1 atom stereocenters. The standard InChI is InChI=1S/C11H15BrN2O2/c1-6-4-8(12)10(5-9(6)13)14-11(15)7(2)16-3/h4-5,7H,13H2,1-3H3,(H,14,15). The lowest BCUT2D eigenvalue weighted by Crippen LogP contribution is -2.26. The van der Waals surface area contributed by atoms with Gasteiger partial charge >= 0.3 is 0 Å². The molecule has 88 valence electrons. The molecule has 0 bridgehead atoms. The molecule has 1 aromatic rings. The molecule has 0 aliphatic heterocycles. The van der Waals surface area contributed by atoms with E-state index in [0.29, 0.717) is 11.4 Å². The van der Waals surface area contributed by atoms with Gasteiger partial charge in [-0.15, -0.1) is 0 Å². The summed E-state index contributed by atoms with van der Waals surface area (Å²) >= 11 is 3.37. The Balaban J connectivity index is 2.90. The molecule has 1 unspecified atom stereocenters. The fourth-order valence-corrected chi connectivity index (χ4v) is 1.68. The number of carbonyl (C=O) groups excluding carboxylic acids is 1. The van der Waals surface area contributed by atoms with Gasteiger partial charge in [0.25, 0.3) is 5.91 Å². The molecule has 1 aromatic carbocycles. The quantitative estimate of drug-likeness (QED) is 0.838. The minimum atomic E-state index is -0.491. The molecule has 0 fully saturated rings. The number of ether oxygens (including phenoxy) is 1. The first-order valence-electron chi connectivity index (χ1n) is 4.85. The molecule has 0 saturated carbocycles. The summed E-state index contributed by atoms with van der Waals surface area (Å²) in [6.45, 7) is 3.59. The monoisotopic (exact) mass is 286 g/mol. The maximum Gasteiger partial charge on any atom is 0.253 e. The van der Waals surface area contributed by atoms with Gasteiger partial charge in [-0.2, -0.15) is 0 Å². The van der Waals surface area contributed by atoms with E-state index in [9.17, 15) is 4.79 Å². The minimum Gasteiger partial charge on any atom is -0.398 e. The third-order valence-corrected chi connectivity index (χ3v) is 2.99. The first-order chi connectivity index (χ1) is 7.45. The first kappa shape index (κ1) is 13.0. The number of methoxy groups -OCH3 is 1. The molecule has 3 N–H and O–H groups in total. The highest BCUT2D eigenvalue weighted by Gasteiger charge is 2.13. The first-order valence-corrected chi connectivity index (χ1v) is 5.64. The molecular weight excluding hydrogens is 272 g/mol. The lowest BCUT2D eigenvalue weighted by atomic mass is 10.2. The SMILES string of the molecule is COC(C)C(=O)Nc1cc(N)c(C)cc1Br. The van der Waals surface area contributed by atoms with E-state index < -0.39 is 6.10 Å². The van der Waals surface area contributed by atoms with Crippen LogP contribution in [-0.4, -0.2) is 19.1 Å². The maximum atomic E-state index is 11.6. The second kappa shape index (κ2) is 5.32. The van der Waals surface area contributed by atoms with E-state index in [4.69, 9.17) is 10.5 Å². The van der Waals surface area contributed by atoms with Crippen LogP contribution in [0.3, 0.4) is 0 Å². The van der Waals surface area contributed by atoms with Crippen molar-refractivity contribution in [1.29, 1.82) is 0 Å². The van der Waals surface area contributed by atoms with Crippen molar-refractivity contribution in [3.63, 3.8) is 0 Å². The van der Waals surface area contributed by atoms with E-state index in [1.54, 1.807) is 13.0 Å². The summed E-state index contributed by atoms with van der Waals surface area (Å²) in [5, 5.41) is 2.74. The normalized spacial score (nSPS) is 12.2. The van der Waals surface area contributed by atoms with Gasteiger partial charge in [0.15, 0.2) is 0 Å². The lowest BCUT2D eigenvalue weighted by molar-refractivity contribution is -0.124. The molecule has 0 aromatic heterocycles. The van der Waals surface area contributed by atoms with Crippen molar-refractivity contribution in [2.45, 2.75) is 20.0 Å². The number of carbonyl (C=O) groups is 1. The molecule has 5 heteroatoms. The summed E-state index contributed by atoms with van der Waals surface area (Å²) in [6.07, 6.45) is -0.491. The molecule has 1 amide bonds. The molecule has 0 aliphatic carbocycles. The van der Waals surface area contributed by atoms with E-state index in [1.165, 1.54) is 7.11 Å². The number of amides is 1. The molecular formula is C11H15BrN2O2. The highest BCUT2D eigenvalue weighted by Crippen LogP contribution is 2.27. The molecule has 0 heterocycles. The summed E-state index contributed by atoms with van der Waals surface area (Å²) in [5.74, 6) is -0.202. The van der Waals surface area contributed by atoms with Gasteiger partial charge in [-0.3, -0.25) is 4.79 Å². The van der Waals surface area contributed by atoms with E-state index in [-0.39, 0.29) is 5.91 Å². The molecule has 0 saturated heterocycles. The second-order valence-electron chi connectivity index (χ2n) is 3.56. The van der Waals surface area contributed by atoms with Crippen molar-refractivity contribution < 1.29 is 9.53 Å². The van der Waals surface area contributed by atoms with E-state index in [2.05, 4.69) is 21.2 Å². The summed E-state index contributed by atoms with van der Waals surface area (Å²) in [5.41, 5.74) is 8.03. The summed E-state index contributed by atoms with van der Waals surface area (Å²) in [7, 11) is 1.49. The average molecular weight is 287 g/mol. The fraction of sp³-hybridized carbons (Fsp3) is 0.364. The Morgan fingerprint density at radius 1 is 1.56 bits per heavy atom. The third-order valence-electron chi connectivity index (χ3n) is 2.34. The zero-order valence-electron chi connectivity index (χ0n) is 9.50. The number of nitrogens with one attached hydrogen (secondary N) is 1. The van der Waals surface area contributed by atoms with Crippen molar-refractivity contribution in [2.75, 3.05) is 18.2 Å². The van der Waals surface area contributed by atoms with E-state index in [0.717, 1.165) is 10.0 Å². The van der Waals surface area contributed by atoms with Gasteiger partial charge < -0.3 is 15.8 Å². The van der Waals surface area contributed by atoms with Crippen LogP contribution in [0.4, 0.5) is 11.4 Å². The second-order valence-corrected chi connectivity index (χ2v) is 4.41. The summed E-state index contributed by atoms with van der Waals surface area (Å²) in [4.78, 5) is 11.6. The summed E-state index contributed by atoms with van der Waals surface area (Å²) in [6, 6.07) is 3.59. The predicted molar refractivity (Wildman–Crippen MR) is 68.4 cm³/mol. The fourth-order valence-electron chi connectivity index (χ4n) is 1.13. The maximum absolute atomic E-state index is 11.6.